The Morgan fingerprint density at radius 1 is 1.46 bits per heavy atom. The van der Waals surface area contributed by atoms with Crippen LogP contribution in [0.5, 0.6) is 0 Å². The van der Waals surface area contributed by atoms with Crippen molar-refractivity contribution in [2.75, 3.05) is 6.54 Å². The molecule has 0 atom stereocenters. The molecule has 0 unspecified atom stereocenters. The van der Waals surface area contributed by atoms with E-state index in [0.717, 1.165) is 24.2 Å². The maximum absolute atomic E-state index is 11.5. The molecule has 13 heavy (non-hydrogen) atoms. The molecular weight excluding hydrogens is 166 g/mol. The first-order valence-electron chi connectivity index (χ1n) is 4.56. The summed E-state index contributed by atoms with van der Waals surface area (Å²) in [4.78, 5) is 11.5. The van der Waals surface area contributed by atoms with E-state index in [0.29, 0.717) is 0 Å². The highest BCUT2D eigenvalue weighted by Gasteiger charge is 2.31. The third-order valence-corrected chi connectivity index (χ3v) is 2.70. The normalized spacial score (nSPS) is 19.9. The first-order chi connectivity index (χ1) is 6.02. The van der Waals surface area contributed by atoms with Gasteiger partial charge in [0.05, 0.1) is 11.2 Å². The van der Waals surface area contributed by atoms with Gasteiger partial charge in [-0.1, -0.05) is 0 Å². The van der Waals surface area contributed by atoms with Crippen LogP contribution in [0.2, 0.25) is 0 Å². The van der Waals surface area contributed by atoms with E-state index < -0.39 is 0 Å². The van der Waals surface area contributed by atoms with Crippen LogP contribution in [0.1, 0.15) is 25.1 Å². The standard InChI is InChI=1S/C9H15N3O/c1-9(2)7-6(4-5-10-9)8(13)11-12(7)3/h10H,4-5H2,1-3H3,(H,11,13). The van der Waals surface area contributed by atoms with E-state index in [-0.39, 0.29) is 11.1 Å². The third-order valence-electron chi connectivity index (χ3n) is 2.70. The number of fused-ring (bicyclic) bond motifs is 1. The number of rotatable bonds is 0. The highest BCUT2D eigenvalue weighted by molar-refractivity contribution is 5.27. The van der Waals surface area contributed by atoms with Crippen LogP contribution in [0.3, 0.4) is 0 Å². The molecule has 0 spiro atoms. The summed E-state index contributed by atoms with van der Waals surface area (Å²) in [5.74, 6) is 0. The lowest BCUT2D eigenvalue weighted by atomic mass is 9.91. The molecule has 4 heteroatoms. The van der Waals surface area contributed by atoms with Crippen molar-refractivity contribution in [3.05, 3.63) is 21.6 Å². The van der Waals surface area contributed by atoms with E-state index in [1.54, 1.807) is 0 Å². The number of nitrogens with zero attached hydrogens (tertiary/aromatic N) is 1. The minimum atomic E-state index is -0.0957. The first-order valence-corrected chi connectivity index (χ1v) is 4.56. The zero-order valence-electron chi connectivity index (χ0n) is 8.27. The summed E-state index contributed by atoms with van der Waals surface area (Å²) in [5.41, 5.74) is 1.99. The summed E-state index contributed by atoms with van der Waals surface area (Å²) in [7, 11) is 1.88. The predicted octanol–water partition coefficient (Wildman–Crippen LogP) is 0.0942. The average molecular weight is 181 g/mol. The van der Waals surface area contributed by atoms with Crippen molar-refractivity contribution >= 4 is 0 Å². The molecule has 0 aliphatic carbocycles. The Morgan fingerprint density at radius 2 is 2.15 bits per heavy atom. The van der Waals surface area contributed by atoms with Crippen molar-refractivity contribution in [3.8, 4) is 0 Å². The number of aryl methyl sites for hydroxylation is 1. The van der Waals surface area contributed by atoms with Gasteiger partial charge in [0, 0.05) is 19.2 Å². The van der Waals surface area contributed by atoms with Crippen molar-refractivity contribution in [3.63, 3.8) is 0 Å². The molecule has 2 N–H and O–H groups in total. The number of nitrogens with one attached hydrogen (secondary N) is 2. The fourth-order valence-corrected chi connectivity index (χ4v) is 2.20. The van der Waals surface area contributed by atoms with Gasteiger partial charge >= 0.3 is 0 Å². The summed E-state index contributed by atoms with van der Waals surface area (Å²) in [6.07, 6.45) is 0.828. The molecule has 1 aliphatic heterocycles. The van der Waals surface area contributed by atoms with Gasteiger partial charge in [-0.25, -0.2) is 0 Å². The second kappa shape index (κ2) is 2.48. The molecule has 1 aliphatic rings. The topological polar surface area (TPSA) is 49.8 Å². The smallest absolute Gasteiger partial charge is 0.267 e. The van der Waals surface area contributed by atoms with Crippen LogP contribution in [-0.2, 0) is 19.0 Å². The molecule has 0 radical (unpaired) electrons. The highest BCUT2D eigenvalue weighted by atomic mass is 16.1. The van der Waals surface area contributed by atoms with Gasteiger partial charge in [-0.05, 0) is 20.3 Å². The van der Waals surface area contributed by atoms with Crippen LogP contribution < -0.4 is 10.9 Å². The van der Waals surface area contributed by atoms with E-state index in [1.165, 1.54) is 0 Å². The Hall–Kier alpha value is -1.03. The van der Waals surface area contributed by atoms with Gasteiger partial charge in [-0.15, -0.1) is 0 Å². The Balaban J connectivity index is 2.69. The van der Waals surface area contributed by atoms with Crippen molar-refractivity contribution < 1.29 is 0 Å². The van der Waals surface area contributed by atoms with Crippen LogP contribution in [-0.4, -0.2) is 16.3 Å². The highest BCUT2D eigenvalue weighted by Crippen LogP contribution is 2.24. The number of hydrogen-bond donors (Lipinski definition) is 2. The molecule has 0 saturated carbocycles. The van der Waals surface area contributed by atoms with Gasteiger partial charge in [0.25, 0.3) is 5.56 Å². The van der Waals surface area contributed by atoms with Crippen LogP contribution in [0.4, 0.5) is 0 Å². The van der Waals surface area contributed by atoms with Crippen LogP contribution in [0, 0.1) is 0 Å². The lowest BCUT2D eigenvalue weighted by molar-refractivity contribution is 0.356. The Bertz CT molecular complexity index is 386. The number of hydrogen-bond acceptors (Lipinski definition) is 2. The second-order valence-corrected chi connectivity index (χ2v) is 4.13. The molecule has 0 fully saturated rings. The molecule has 1 aromatic heterocycles. The van der Waals surface area contributed by atoms with E-state index in [1.807, 2.05) is 11.7 Å². The SMILES string of the molecule is Cn1[nH]c(=O)c2c1C(C)(C)NCC2. The number of aromatic amines is 1. The Morgan fingerprint density at radius 3 is 2.77 bits per heavy atom. The maximum Gasteiger partial charge on any atom is 0.267 e. The zero-order chi connectivity index (χ0) is 9.64. The van der Waals surface area contributed by atoms with Gasteiger partial charge in [-0.2, -0.15) is 0 Å². The predicted molar refractivity (Wildman–Crippen MR) is 50.8 cm³/mol. The second-order valence-electron chi connectivity index (χ2n) is 4.13. The summed E-state index contributed by atoms with van der Waals surface area (Å²) in [6.45, 7) is 5.07. The zero-order valence-corrected chi connectivity index (χ0v) is 8.27. The number of H-pyrrole nitrogens is 1. The van der Waals surface area contributed by atoms with Crippen LogP contribution in [0.15, 0.2) is 4.79 Å². The molecule has 2 heterocycles. The van der Waals surface area contributed by atoms with Crippen LogP contribution >= 0.6 is 0 Å². The fraction of sp³-hybridized carbons (Fsp3) is 0.667. The van der Waals surface area contributed by atoms with Crippen molar-refractivity contribution in [2.45, 2.75) is 25.8 Å². The minimum absolute atomic E-state index is 0.0621. The van der Waals surface area contributed by atoms with E-state index >= 15 is 0 Å². The van der Waals surface area contributed by atoms with Gasteiger partial charge in [0.2, 0.25) is 0 Å². The molecular formula is C9H15N3O. The van der Waals surface area contributed by atoms with E-state index in [4.69, 9.17) is 0 Å². The summed E-state index contributed by atoms with van der Waals surface area (Å²) < 4.78 is 1.82. The number of aromatic nitrogens is 2. The van der Waals surface area contributed by atoms with Crippen molar-refractivity contribution in [1.29, 1.82) is 0 Å². The minimum Gasteiger partial charge on any atom is -0.306 e. The average Bonchev–Trinajstić information content (AvgIpc) is 2.27. The molecule has 0 amide bonds. The monoisotopic (exact) mass is 181 g/mol. The molecule has 1 aromatic rings. The molecule has 0 saturated heterocycles. The summed E-state index contributed by atoms with van der Waals surface area (Å²) in [6, 6.07) is 0. The van der Waals surface area contributed by atoms with Crippen molar-refractivity contribution in [1.82, 2.24) is 15.1 Å². The first kappa shape index (κ1) is 8.56. The van der Waals surface area contributed by atoms with Gasteiger partial charge in [0.15, 0.2) is 0 Å². The third kappa shape index (κ3) is 1.13. The van der Waals surface area contributed by atoms with Gasteiger partial charge < -0.3 is 5.32 Å². The quantitative estimate of drug-likeness (QED) is 0.596. The molecule has 0 aromatic carbocycles. The molecule has 72 valence electrons. The lowest BCUT2D eigenvalue weighted by Gasteiger charge is -2.31. The van der Waals surface area contributed by atoms with Gasteiger partial charge in [-0.3, -0.25) is 14.6 Å². The molecule has 0 bridgehead atoms. The summed E-state index contributed by atoms with van der Waals surface area (Å²) in [5, 5.41) is 6.18. The van der Waals surface area contributed by atoms with E-state index in [9.17, 15) is 4.79 Å². The maximum atomic E-state index is 11.5. The van der Waals surface area contributed by atoms with Crippen molar-refractivity contribution in [2.24, 2.45) is 7.05 Å². The Kier molecular flexibility index (Phi) is 1.63. The van der Waals surface area contributed by atoms with Gasteiger partial charge in [0.1, 0.15) is 0 Å². The molecule has 4 nitrogen and oxygen atoms in total. The fourth-order valence-electron chi connectivity index (χ4n) is 2.20. The lowest BCUT2D eigenvalue weighted by Crippen LogP contribution is -2.44. The summed E-state index contributed by atoms with van der Waals surface area (Å²) >= 11 is 0. The Labute approximate surface area is 76.9 Å². The largest absolute Gasteiger partial charge is 0.306 e. The molecule has 2 rings (SSSR count). The van der Waals surface area contributed by atoms with E-state index in [2.05, 4.69) is 24.3 Å². The van der Waals surface area contributed by atoms with Crippen LogP contribution in [0.25, 0.3) is 0 Å².